The third kappa shape index (κ3) is 3.71. The summed E-state index contributed by atoms with van der Waals surface area (Å²) in [6.45, 7) is 1.50. The number of rotatable bonds is 4. The van der Waals surface area contributed by atoms with Crippen LogP contribution in [0, 0.1) is 5.92 Å². The lowest BCUT2D eigenvalue weighted by atomic mass is 9.97. The van der Waals surface area contributed by atoms with Gasteiger partial charge in [0.05, 0.1) is 17.7 Å². The van der Waals surface area contributed by atoms with E-state index in [4.69, 9.17) is 10.5 Å². The SMILES string of the molecule is NC(=O)C1CCCN(c2ccc(C(=O)Oc3cccnc3)cc2)C1. The van der Waals surface area contributed by atoms with Crippen LogP contribution >= 0.6 is 0 Å². The van der Waals surface area contributed by atoms with Gasteiger partial charge in [-0.05, 0) is 49.2 Å². The van der Waals surface area contributed by atoms with E-state index >= 15 is 0 Å². The number of pyridine rings is 1. The number of ether oxygens (including phenoxy) is 1. The molecular formula is C18H19N3O3. The number of nitrogens with zero attached hydrogens (tertiary/aromatic N) is 2. The molecule has 1 saturated heterocycles. The van der Waals surface area contributed by atoms with Gasteiger partial charge in [-0.1, -0.05) is 0 Å². The summed E-state index contributed by atoms with van der Waals surface area (Å²) < 4.78 is 5.26. The van der Waals surface area contributed by atoms with Crippen molar-refractivity contribution in [1.82, 2.24) is 4.98 Å². The maximum atomic E-state index is 12.1. The van der Waals surface area contributed by atoms with E-state index in [-0.39, 0.29) is 11.8 Å². The van der Waals surface area contributed by atoms with Gasteiger partial charge in [-0.15, -0.1) is 0 Å². The number of carbonyl (C=O) groups is 2. The van der Waals surface area contributed by atoms with E-state index in [1.54, 1.807) is 30.5 Å². The maximum absolute atomic E-state index is 12.1. The van der Waals surface area contributed by atoms with Crippen molar-refractivity contribution in [1.29, 1.82) is 0 Å². The van der Waals surface area contributed by atoms with E-state index in [2.05, 4.69) is 9.88 Å². The van der Waals surface area contributed by atoms with Crippen LogP contribution in [-0.4, -0.2) is 29.9 Å². The Morgan fingerprint density at radius 2 is 2.00 bits per heavy atom. The van der Waals surface area contributed by atoms with Gasteiger partial charge < -0.3 is 15.4 Å². The van der Waals surface area contributed by atoms with Crippen molar-refractivity contribution >= 4 is 17.6 Å². The Hall–Kier alpha value is -2.89. The summed E-state index contributed by atoms with van der Waals surface area (Å²) in [5.74, 6) is -0.388. The fraction of sp³-hybridized carbons (Fsp3) is 0.278. The average Bonchev–Trinajstić information content (AvgIpc) is 2.63. The van der Waals surface area contributed by atoms with Gasteiger partial charge in [-0.3, -0.25) is 9.78 Å². The fourth-order valence-electron chi connectivity index (χ4n) is 2.83. The molecule has 0 bridgehead atoms. The van der Waals surface area contributed by atoms with E-state index in [1.807, 2.05) is 12.1 Å². The van der Waals surface area contributed by atoms with Gasteiger partial charge in [-0.25, -0.2) is 4.79 Å². The molecule has 1 aliphatic heterocycles. The van der Waals surface area contributed by atoms with Crippen LogP contribution in [0.25, 0.3) is 0 Å². The Balaban J connectivity index is 1.67. The Kier molecular flexibility index (Phi) is 4.74. The lowest BCUT2D eigenvalue weighted by Gasteiger charge is -2.33. The van der Waals surface area contributed by atoms with E-state index in [0.29, 0.717) is 17.9 Å². The summed E-state index contributed by atoms with van der Waals surface area (Å²) in [6.07, 6.45) is 4.87. The Morgan fingerprint density at radius 3 is 2.67 bits per heavy atom. The largest absolute Gasteiger partial charge is 0.421 e. The quantitative estimate of drug-likeness (QED) is 0.869. The van der Waals surface area contributed by atoms with Crippen LogP contribution in [0.1, 0.15) is 23.2 Å². The third-order valence-electron chi connectivity index (χ3n) is 4.14. The molecule has 1 fully saturated rings. The molecule has 0 aliphatic carbocycles. The maximum Gasteiger partial charge on any atom is 0.343 e. The highest BCUT2D eigenvalue weighted by molar-refractivity contribution is 5.91. The van der Waals surface area contributed by atoms with Crippen LogP contribution in [-0.2, 0) is 4.79 Å². The van der Waals surface area contributed by atoms with Crippen LogP contribution in [0.5, 0.6) is 5.75 Å². The lowest BCUT2D eigenvalue weighted by molar-refractivity contribution is -0.122. The van der Waals surface area contributed by atoms with E-state index in [0.717, 1.165) is 25.1 Å². The summed E-state index contributed by atoms with van der Waals surface area (Å²) in [4.78, 5) is 29.5. The molecule has 0 spiro atoms. The fourth-order valence-corrected chi connectivity index (χ4v) is 2.83. The molecule has 124 valence electrons. The highest BCUT2D eigenvalue weighted by Crippen LogP contribution is 2.23. The summed E-state index contributed by atoms with van der Waals surface area (Å²) in [5, 5.41) is 0. The topological polar surface area (TPSA) is 85.5 Å². The number of primary amides is 1. The van der Waals surface area contributed by atoms with Crippen LogP contribution in [0.15, 0.2) is 48.8 Å². The summed E-state index contributed by atoms with van der Waals surface area (Å²) >= 11 is 0. The minimum atomic E-state index is -0.428. The van der Waals surface area contributed by atoms with E-state index in [1.165, 1.54) is 6.20 Å². The number of anilines is 1. The molecule has 1 aromatic carbocycles. The van der Waals surface area contributed by atoms with E-state index < -0.39 is 5.97 Å². The molecule has 2 heterocycles. The predicted octanol–water partition coefficient (Wildman–Crippen LogP) is 2.00. The Labute approximate surface area is 140 Å². The Morgan fingerprint density at radius 1 is 1.21 bits per heavy atom. The molecule has 6 nitrogen and oxygen atoms in total. The number of hydrogen-bond donors (Lipinski definition) is 1. The molecule has 1 aromatic heterocycles. The molecule has 24 heavy (non-hydrogen) atoms. The molecule has 2 N–H and O–H groups in total. The van der Waals surface area contributed by atoms with Gasteiger partial charge in [0.15, 0.2) is 0 Å². The summed E-state index contributed by atoms with van der Waals surface area (Å²) in [5.41, 5.74) is 6.85. The molecule has 3 rings (SSSR count). The number of aromatic nitrogens is 1. The smallest absolute Gasteiger partial charge is 0.343 e. The lowest BCUT2D eigenvalue weighted by Crippen LogP contribution is -2.41. The molecule has 1 aliphatic rings. The summed E-state index contributed by atoms with van der Waals surface area (Å²) in [7, 11) is 0. The van der Waals surface area contributed by atoms with Gasteiger partial charge >= 0.3 is 5.97 Å². The van der Waals surface area contributed by atoms with E-state index in [9.17, 15) is 9.59 Å². The average molecular weight is 325 g/mol. The number of amides is 1. The van der Waals surface area contributed by atoms with Crippen molar-refractivity contribution in [3.8, 4) is 5.75 Å². The zero-order chi connectivity index (χ0) is 16.9. The molecular weight excluding hydrogens is 306 g/mol. The second-order valence-electron chi connectivity index (χ2n) is 5.81. The van der Waals surface area contributed by atoms with Gasteiger partial charge in [0.1, 0.15) is 5.75 Å². The number of benzene rings is 1. The summed E-state index contributed by atoms with van der Waals surface area (Å²) in [6, 6.07) is 10.6. The van der Waals surface area contributed by atoms with Gasteiger partial charge in [-0.2, -0.15) is 0 Å². The normalized spacial score (nSPS) is 17.3. The molecule has 0 saturated carbocycles. The minimum absolute atomic E-state index is 0.117. The monoisotopic (exact) mass is 325 g/mol. The van der Waals surface area contributed by atoms with Crippen molar-refractivity contribution < 1.29 is 14.3 Å². The number of nitrogens with two attached hydrogens (primary N) is 1. The molecule has 1 atom stereocenters. The second-order valence-corrected chi connectivity index (χ2v) is 5.81. The highest BCUT2D eigenvalue weighted by atomic mass is 16.5. The predicted molar refractivity (Wildman–Crippen MR) is 89.8 cm³/mol. The molecule has 0 radical (unpaired) electrons. The second kappa shape index (κ2) is 7.12. The zero-order valence-corrected chi connectivity index (χ0v) is 13.2. The van der Waals surface area contributed by atoms with Gasteiger partial charge in [0, 0.05) is 25.0 Å². The zero-order valence-electron chi connectivity index (χ0n) is 13.2. The number of esters is 1. The van der Waals surface area contributed by atoms with Crippen LogP contribution in [0.4, 0.5) is 5.69 Å². The first-order chi connectivity index (χ1) is 11.6. The van der Waals surface area contributed by atoms with Crippen LogP contribution in [0.3, 0.4) is 0 Å². The number of piperidine rings is 1. The van der Waals surface area contributed by atoms with Crippen LogP contribution < -0.4 is 15.4 Å². The third-order valence-corrected chi connectivity index (χ3v) is 4.14. The van der Waals surface area contributed by atoms with Gasteiger partial charge in [0.2, 0.25) is 5.91 Å². The first-order valence-electron chi connectivity index (χ1n) is 7.90. The first kappa shape index (κ1) is 16.0. The standard InChI is InChI=1S/C18H19N3O3/c19-17(22)14-3-2-10-21(12-14)15-7-5-13(6-8-15)18(23)24-16-4-1-9-20-11-16/h1,4-9,11,14H,2-3,10,12H2,(H2,19,22). The van der Waals surface area contributed by atoms with Crippen molar-refractivity contribution in [2.45, 2.75) is 12.8 Å². The highest BCUT2D eigenvalue weighted by Gasteiger charge is 2.24. The van der Waals surface area contributed by atoms with Crippen molar-refractivity contribution in [3.63, 3.8) is 0 Å². The number of hydrogen-bond acceptors (Lipinski definition) is 5. The Bertz CT molecular complexity index is 716. The van der Waals surface area contributed by atoms with Crippen molar-refractivity contribution in [3.05, 3.63) is 54.4 Å². The van der Waals surface area contributed by atoms with Gasteiger partial charge in [0.25, 0.3) is 0 Å². The number of carbonyl (C=O) groups excluding carboxylic acids is 2. The van der Waals surface area contributed by atoms with Crippen molar-refractivity contribution in [2.75, 3.05) is 18.0 Å². The minimum Gasteiger partial charge on any atom is -0.421 e. The first-order valence-corrected chi connectivity index (χ1v) is 7.90. The van der Waals surface area contributed by atoms with Crippen molar-refractivity contribution in [2.24, 2.45) is 11.7 Å². The molecule has 1 unspecified atom stereocenters. The molecule has 6 heteroatoms. The molecule has 1 amide bonds. The molecule has 2 aromatic rings. The van der Waals surface area contributed by atoms with Crippen LogP contribution in [0.2, 0.25) is 0 Å².